The number of hydrogen-bond acceptors (Lipinski definition) is 5. The summed E-state index contributed by atoms with van der Waals surface area (Å²) in [4.78, 5) is 10.6. The van der Waals surface area contributed by atoms with Gasteiger partial charge in [0.1, 0.15) is 0 Å². The molecule has 0 aliphatic rings. The van der Waals surface area contributed by atoms with E-state index in [4.69, 9.17) is 16.3 Å². The smallest absolute Gasteiger partial charge is 0.311 e. The first-order chi connectivity index (χ1) is 9.93. The van der Waals surface area contributed by atoms with Crippen molar-refractivity contribution in [3.63, 3.8) is 0 Å². The Bertz CT molecular complexity index is 684. The van der Waals surface area contributed by atoms with E-state index in [0.717, 1.165) is 11.3 Å². The molecule has 112 valence electrons. The van der Waals surface area contributed by atoms with Gasteiger partial charge in [-0.05, 0) is 20.0 Å². The maximum Gasteiger partial charge on any atom is 0.311 e. The molecule has 8 heteroatoms. The number of halogens is 1. The summed E-state index contributed by atoms with van der Waals surface area (Å²) < 4.78 is 7.27. The van der Waals surface area contributed by atoms with Crippen LogP contribution in [-0.4, -0.2) is 21.8 Å². The number of hydrogen-bond donors (Lipinski definition) is 1. The fourth-order valence-corrected chi connectivity index (χ4v) is 2.18. The van der Waals surface area contributed by atoms with Gasteiger partial charge in [0, 0.05) is 30.7 Å². The Morgan fingerprint density at radius 2 is 2.24 bits per heavy atom. The van der Waals surface area contributed by atoms with Gasteiger partial charge in [-0.25, -0.2) is 4.68 Å². The van der Waals surface area contributed by atoms with Gasteiger partial charge in [0.15, 0.2) is 0 Å². The summed E-state index contributed by atoms with van der Waals surface area (Å²) >= 11 is 5.90. The second-order valence-corrected chi connectivity index (χ2v) is 4.93. The molecule has 0 aliphatic carbocycles. The first-order valence-corrected chi connectivity index (χ1v) is 6.60. The minimum atomic E-state index is -0.507. The Kier molecular flexibility index (Phi) is 4.44. The number of aryl methyl sites for hydroxylation is 2. The van der Waals surface area contributed by atoms with Crippen molar-refractivity contribution in [2.24, 2.45) is 7.05 Å². The van der Waals surface area contributed by atoms with Gasteiger partial charge in [-0.3, -0.25) is 10.1 Å². The Morgan fingerprint density at radius 3 is 2.86 bits per heavy atom. The summed E-state index contributed by atoms with van der Waals surface area (Å²) in [5.74, 6) is 0.542. The van der Waals surface area contributed by atoms with E-state index in [9.17, 15) is 10.1 Å². The third kappa shape index (κ3) is 3.14. The predicted molar refractivity (Wildman–Crippen MR) is 78.9 cm³/mol. The highest BCUT2D eigenvalue weighted by Gasteiger charge is 2.21. The number of nitrogens with zero attached hydrogens (tertiary/aromatic N) is 3. The van der Waals surface area contributed by atoms with Gasteiger partial charge in [-0.2, -0.15) is 5.10 Å². The molecule has 2 rings (SSSR count). The summed E-state index contributed by atoms with van der Waals surface area (Å²) in [7, 11) is 3.52. The van der Waals surface area contributed by atoms with E-state index in [1.807, 2.05) is 6.92 Å². The summed E-state index contributed by atoms with van der Waals surface area (Å²) in [6, 6.07) is 4.19. The lowest BCUT2D eigenvalue weighted by Gasteiger charge is -2.09. The molecule has 0 saturated carbocycles. The second-order valence-electron chi connectivity index (χ2n) is 4.49. The highest BCUT2D eigenvalue weighted by Crippen LogP contribution is 2.35. The van der Waals surface area contributed by atoms with Crippen molar-refractivity contribution in [2.75, 3.05) is 7.05 Å². The van der Waals surface area contributed by atoms with Gasteiger partial charge in [0.25, 0.3) is 0 Å². The van der Waals surface area contributed by atoms with E-state index in [2.05, 4.69) is 10.4 Å². The molecule has 1 heterocycles. The van der Waals surface area contributed by atoms with E-state index in [-0.39, 0.29) is 11.4 Å². The summed E-state index contributed by atoms with van der Waals surface area (Å²) in [5.41, 5.74) is 1.49. The van der Waals surface area contributed by atoms with Gasteiger partial charge >= 0.3 is 5.69 Å². The number of nitro groups is 1. The molecule has 0 bridgehead atoms. The van der Waals surface area contributed by atoms with E-state index < -0.39 is 4.92 Å². The molecule has 1 aromatic carbocycles. The topological polar surface area (TPSA) is 82.2 Å². The monoisotopic (exact) mass is 310 g/mol. The molecule has 0 atom stereocenters. The highest BCUT2D eigenvalue weighted by atomic mass is 35.5. The van der Waals surface area contributed by atoms with Crippen LogP contribution in [0.15, 0.2) is 18.2 Å². The van der Waals surface area contributed by atoms with Crippen LogP contribution in [-0.2, 0) is 13.6 Å². The molecule has 0 radical (unpaired) electrons. The van der Waals surface area contributed by atoms with Crippen LogP contribution in [0, 0.1) is 17.0 Å². The van der Waals surface area contributed by atoms with Gasteiger partial charge in [-0.15, -0.1) is 0 Å². The standard InChI is InChI=1S/C13H15ClN4O3/c1-8-10(7-15-2)13(17(3)16-8)21-12-6-9(14)4-5-11(12)18(19)20/h4-6,15H,7H2,1-3H3. The van der Waals surface area contributed by atoms with Crippen LogP contribution < -0.4 is 10.1 Å². The van der Waals surface area contributed by atoms with Crippen molar-refractivity contribution in [1.82, 2.24) is 15.1 Å². The Morgan fingerprint density at radius 1 is 1.52 bits per heavy atom. The van der Waals surface area contributed by atoms with E-state index in [0.29, 0.717) is 17.4 Å². The molecule has 0 amide bonds. The summed E-state index contributed by atoms with van der Waals surface area (Å²) in [6.07, 6.45) is 0. The first-order valence-electron chi connectivity index (χ1n) is 6.23. The van der Waals surface area contributed by atoms with Crippen molar-refractivity contribution >= 4 is 17.3 Å². The number of aromatic nitrogens is 2. The molecular formula is C13H15ClN4O3. The average molecular weight is 311 g/mol. The highest BCUT2D eigenvalue weighted by molar-refractivity contribution is 6.30. The number of ether oxygens (including phenoxy) is 1. The zero-order valence-corrected chi connectivity index (χ0v) is 12.6. The van der Waals surface area contributed by atoms with Crippen LogP contribution >= 0.6 is 11.6 Å². The van der Waals surface area contributed by atoms with Crippen LogP contribution in [0.3, 0.4) is 0 Å². The molecule has 0 fully saturated rings. The van der Waals surface area contributed by atoms with Crippen molar-refractivity contribution in [2.45, 2.75) is 13.5 Å². The lowest BCUT2D eigenvalue weighted by Crippen LogP contribution is -2.07. The summed E-state index contributed by atoms with van der Waals surface area (Å²) in [6.45, 7) is 2.40. The molecule has 7 nitrogen and oxygen atoms in total. The molecule has 1 aromatic heterocycles. The zero-order chi connectivity index (χ0) is 15.6. The van der Waals surface area contributed by atoms with E-state index in [1.54, 1.807) is 18.8 Å². The number of benzene rings is 1. The summed E-state index contributed by atoms with van der Waals surface area (Å²) in [5, 5.41) is 18.7. The van der Waals surface area contributed by atoms with Crippen LogP contribution in [0.2, 0.25) is 5.02 Å². The fourth-order valence-electron chi connectivity index (χ4n) is 2.01. The normalized spacial score (nSPS) is 10.7. The maximum atomic E-state index is 11.1. The molecule has 0 aliphatic heterocycles. The van der Waals surface area contributed by atoms with E-state index >= 15 is 0 Å². The van der Waals surface area contributed by atoms with Crippen molar-refractivity contribution < 1.29 is 9.66 Å². The molecule has 0 spiro atoms. The van der Waals surface area contributed by atoms with Crippen molar-refractivity contribution in [3.8, 4) is 11.6 Å². The number of rotatable bonds is 5. The Hall–Kier alpha value is -2.12. The van der Waals surface area contributed by atoms with Crippen molar-refractivity contribution in [3.05, 3.63) is 44.6 Å². The first kappa shape index (κ1) is 15.3. The van der Waals surface area contributed by atoms with Gasteiger partial charge < -0.3 is 10.1 Å². The molecule has 21 heavy (non-hydrogen) atoms. The fraction of sp³-hybridized carbons (Fsp3) is 0.308. The van der Waals surface area contributed by atoms with Crippen molar-refractivity contribution in [1.29, 1.82) is 0 Å². The van der Waals surface area contributed by atoms with Crippen LogP contribution in [0.5, 0.6) is 11.6 Å². The van der Waals surface area contributed by atoms with Crippen LogP contribution in [0.1, 0.15) is 11.3 Å². The number of nitro benzene ring substituents is 1. The largest absolute Gasteiger partial charge is 0.432 e. The molecule has 0 saturated heterocycles. The van der Waals surface area contributed by atoms with Gasteiger partial charge in [0.2, 0.25) is 11.6 Å². The van der Waals surface area contributed by atoms with Crippen LogP contribution in [0.25, 0.3) is 0 Å². The third-order valence-corrected chi connectivity index (χ3v) is 3.20. The van der Waals surface area contributed by atoms with Gasteiger partial charge in [0.05, 0.1) is 16.2 Å². The third-order valence-electron chi connectivity index (χ3n) is 2.97. The molecule has 2 aromatic rings. The predicted octanol–water partition coefficient (Wildman–Crippen LogP) is 2.80. The van der Waals surface area contributed by atoms with Crippen LogP contribution in [0.4, 0.5) is 5.69 Å². The SMILES string of the molecule is CNCc1c(C)nn(C)c1Oc1cc(Cl)ccc1[N+](=O)[O-]. The zero-order valence-electron chi connectivity index (χ0n) is 11.9. The molecule has 0 unspecified atom stereocenters. The van der Waals surface area contributed by atoms with Gasteiger partial charge in [-0.1, -0.05) is 11.6 Å². The number of nitrogens with one attached hydrogen (secondary N) is 1. The lowest BCUT2D eigenvalue weighted by atomic mass is 10.2. The molecule has 1 N–H and O–H groups in total. The maximum absolute atomic E-state index is 11.1. The Balaban J connectivity index is 2.47. The minimum Gasteiger partial charge on any atom is -0.432 e. The molecular weight excluding hydrogens is 296 g/mol. The Labute approximate surface area is 126 Å². The lowest BCUT2D eigenvalue weighted by molar-refractivity contribution is -0.385. The van der Waals surface area contributed by atoms with E-state index in [1.165, 1.54) is 18.2 Å². The minimum absolute atomic E-state index is 0.0906. The quantitative estimate of drug-likeness (QED) is 0.678. The average Bonchev–Trinajstić information content (AvgIpc) is 2.66. The second kappa shape index (κ2) is 6.11.